The van der Waals surface area contributed by atoms with E-state index < -0.39 is 0 Å². The summed E-state index contributed by atoms with van der Waals surface area (Å²) in [5.41, 5.74) is 3.30. The van der Waals surface area contributed by atoms with E-state index in [2.05, 4.69) is 41.7 Å². The Morgan fingerprint density at radius 1 is 0.485 bits per heavy atom. The first kappa shape index (κ1) is 26.6. The zero-order chi connectivity index (χ0) is 21.1. The van der Waals surface area contributed by atoms with E-state index in [-0.39, 0.29) is 42.1 Å². The van der Waals surface area contributed by atoms with Gasteiger partial charge in [0.15, 0.2) is 37.9 Å². The maximum absolute atomic E-state index is 4.26. The fourth-order valence-corrected chi connectivity index (χ4v) is 2.89. The topological polar surface area (TPSA) is 57.2 Å². The van der Waals surface area contributed by atoms with Crippen LogP contribution in [0.3, 0.4) is 0 Å². The van der Waals surface area contributed by atoms with Crippen LogP contribution in [0.2, 0.25) is 0 Å². The number of azo groups is 2. The Morgan fingerprint density at radius 3 is 1.12 bits per heavy atom. The summed E-state index contributed by atoms with van der Waals surface area (Å²) in [4.78, 5) is 0. The van der Waals surface area contributed by atoms with Crippen molar-refractivity contribution in [3.05, 3.63) is 110 Å². The second kappa shape index (κ2) is 14.5. The number of rotatable bonds is 8. The Balaban J connectivity index is 0.00000193. The summed E-state index contributed by atoms with van der Waals surface area (Å²) in [6.45, 7) is 1.84. The second-order valence-corrected chi connectivity index (χ2v) is 6.86. The van der Waals surface area contributed by atoms with Gasteiger partial charge in [-0.1, -0.05) is 0 Å². The molecule has 4 aromatic rings. The molecule has 2 aromatic heterocycles. The van der Waals surface area contributed by atoms with Crippen molar-refractivity contribution in [2.45, 2.75) is 19.5 Å². The summed E-state index contributed by atoms with van der Waals surface area (Å²) in [6, 6.07) is 28.6. The third kappa shape index (κ3) is 8.99. The predicted octanol–water partition coefficient (Wildman–Crippen LogP) is 5.78. The van der Waals surface area contributed by atoms with Gasteiger partial charge in [0.25, 0.3) is 0 Å². The minimum Gasteiger partial charge on any atom is -0.205 e. The van der Waals surface area contributed by atoms with Gasteiger partial charge in [0, 0.05) is 66.4 Å². The normalized spacial score (nSPS) is 10.7. The molecule has 8 heteroatoms. The molecule has 6 nitrogen and oxygen atoms in total. The number of benzene rings is 2. The summed E-state index contributed by atoms with van der Waals surface area (Å²) < 4.78 is 4.30. The molecule has 2 heterocycles. The van der Waals surface area contributed by atoms with Crippen LogP contribution >= 0.6 is 0 Å². The molecule has 0 aliphatic rings. The average Bonchev–Trinajstić information content (AvgIpc) is 2.84. The largest absolute Gasteiger partial charge is 0.205 e. The smallest absolute Gasteiger partial charge is 0.171 e. The Bertz CT molecular complexity index is 1040. The van der Waals surface area contributed by atoms with Crippen molar-refractivity contribution in [1.82, 2.24) is 0 Å². The van der Waals surface area contributed by atoms with Crippen LogP contribution in [-0.4, -0.2) is 0 Å². The molecule has 0 spiro atoms. The van der Waals surface area contributed by atoms with Gasteiger partial charge < -0.3 is 0 Å². The first-order valence-electron chi connectivity index (χ1n) is 10.1. The number of pyridine rings is 2. The standard InChI is InChI=1S/C25H22N6.2W/c1-3-8-22(9-4-1)26-28-24-12-18-30(19-13-24)16-7-17-31-20-14-25(15-21-31)29-27-23-10-5-2-6-11-23;;/h3-6,8-15,18-21H,7,16-17H2;;. The van der Waals surface area contributed by atoms with Gasteiger partial charge in [0.05, 0.1) is 17.8 Å². The molecular formula is C25H22N6W2. The van der Waals surface area contributed by atoms with E-state index in [1.165, 1.54) is 0 Å². The summed E-state index contributed by atoms with van der Waals surface area (Å²) in [7, 11) is 0. The molecule has 0 bridgehead atoms. The molecule has 0 saturated heterocycles. The average molecular weight is 774 g/mol. The van der Waals surface area contributed by atoms with E-state index in [0.29, 0.717) is 0 Å². The zero-order valence-electron chi connectivity index (χ0n) is 17.9. The maximum Gasteiger partial charge on any atom is 0.171 e. The van der Waals surface area contributed by atoms with Crippen LogP contribution in [0.15, 0.2) is 118 Å². The quantitative estimate of drug-likeness (QED) is 0.124. The summed E-state index contributed by atoms with van der Waals surface area (Å²) in [6.07, 6.45) is 9.13. The van der Waals surface area contributed by atoms with E-state index in [1.807, 2.05) is 97.6 Å². The number of aryl methyl sites for hydroxylation is 2. The summed E-state index contributed by atoms with van der Waals surface area (Å²) in [5, 5.41) is 17.0. The molecule has 0 saturated carbocycles. The third-order valence-electron chi connectivity index (χ3n) is 4.54. The Morgan fingerprint density at radius 2 is 0.788 bits per heavy atom. The van der Waals surface area contributed by atoms with Crippen molar-refractivity contribution >= 4 is 22.7 Å². The van der Waals surface area contributed by atoms with Gasteiger partial charge in [-0.25, -0.2) is 9.13 Å². The molecule has 0 fully saturated rings. The Labute approximate surface area is 222 Å². The van der Waals surface area contributed by atoms with Crippen LogP contribution in [0.5, 0.6) is 0 Å². The maximum atomic E-state index is 4.26. The van der Waals surface area contributed by atoms with E-state index in [1.54, 1.807) is 0 Å². The van der Waals surface area contributed by atoms with Gasteiger partial charge >= 0.3 is 0 Å². The van der Waals surface area contributed by atoms with Crippen LogP contribution < -0.4 is 9.13 Å². The molecular weight excluding hydrogens is 752 g/mol. The number of hydrogen-bond donors (Lipinski definition) is 0. The SMILES string of the molecule is [W].[W].[c-]1ccc(N=Nc2cc[n+](CCC[n+]3ccc(N=Nc4cc[c-]cc4)cc3)cc2)cc1. The number of hydrogen-bond acceptors (Lipinski definition) is 4. The molecule has 2 aromatic carbocycles. The van der Waals surface area contributed by atoms with Crippen molar-refractivity contribution < 1.29 is 51.3 Å². The summed E-state index contributed by atoms with van der Waals surface area (Å²) in [5.74, 6) is 0. The van der Waals surface area contributed by atoms with Gasteiger partial charge in [0.2, 0.25) is 0 Å². The molecule has 0 aliphatic heterocycles. The Hall–Kier alpha value is -2.68. The molecule has 33 heavy (non-hydrogen) atoms. The van der Waals surface area contributed by atoms with Crippen LogP contribution in [0.25, 0.3) is 0 Å². The van der Waals surface area contributed by atoms with Crippen LogP contribution in [0, 0.1) is 12.1 Å². The molecule has 164 valence electrons. The second-order valence-electron chi connectivity index (χ2n) is 6.86. The van der Waals surface area contributed by atoms with Crippen molar-refractivity contribution in [3.8, 4) is 0 Å². The fraction of sp³-hybridized carbons (Fsp3) is 0.120. The van der Waals surface area contributed by atoms with E-state index in [0.717, 1.165) is 42.3 Å². The first-order chi connectivity index (χ1) is 15.3. The molecule has 0 unspecified atom stereocenters. The molecule has 0 N–H and O–H groups in total. The van der Waals surface area contributed by atoms with Crippen molar-refractivity contribution in [3.63, 3.8) is 0 Å². The van der Waals surface area contributed by atoms with E-state index in [9.17, 15) is 0 Å². The monoisotopic (exact) mass is 774 g/mol. The molecule has 0 atom stereocenters. The van der Waals surface area contributed by atoms with Crippen LogP contribution in [0.1, 0.15) is 6.42 Å². The van der Waals surface area contributed by atoms with Crippen LogP contribution in [0.4, 0.5) is 22.7 Å². The number of aromatic nitrogens is 2. The fourth-order valence-electron chi connectivity index (χ4n) is 2.89. The van der Waals surface area contributed by atoms with Crippen molar-refractivity contribution in [1.29, 1.82) is 0 Å². The van der Waals surface area contributed by atoms with E-state index in [4.69, 9.17) is 0 Å². The van der Waals surface area contributed by atoms with Gasteiger partial charge in [-0.2, -0.15) is 56.9 Å². The molecule has 4 rings (SSSR count). The molecule has 0 amide bonds. The predicted molar refractivity (Wildman–Crippen MR) is 117 cm³/mol. The van der Waals surface area contributed by atoms with Gasteiger partial charge in [0.1, 0.15) is 0 Å². The number of nitrogens with zero attached hydrogens (tertiary/aromatic N) is 6. The first-order valence-corrected chi connectivity index (χ1v) is 10.1. The van der Waals surface area contributed by atoms with Crippen LogP contribution in [-0.2, 0) is 55.2 Å². The zero-order valence-corrected chi connectivity index (χ0v) is 23.7. The third-order valence-corrected chi connectivity index (χ3v) is 4.54. The summed E-state index contributed by atoms with van der Waals surface area (Å²) >= 11 is 0. The van der Waals surface area contributed by atoms with Gasteiger partial charge in [-0.15, -0.1) is 24.3 Å². The van der Waals surface area contributed by atoms with Crippen molar-refractivity contribution in [2.75, 3.05) is 0 Å². The minimum absolute atomic E-state index is 0. The van der Waals surface area contributed by atoms with Gasteiger partial charge in [-0.05, 0) is 11.4 Å². The minimum atomic E-state index is 0. The Kier molecular flexibility index (Phi) is 11.6. The van der Waals surface area contributed by atoms with E-state index >= 15 is 0 Å². The molecule has 0 radical (unpaired) electrons. The molecule has 0 aliphatic carbocycles. The van der Waals surface area contributed by atoms with Crippen molar-refractivity contribution in [2.24, 2.45) is 20.5 Å². The van der Waals surface area contributed by atoms with Gasteiger partial charge in [-0.3, -0.25) is 0 Å².